The van der Waals surface area contributed by atoms with Gasteiger partial charge in [0.2, 0.25) is 6.73 Å². The Hall–Kier alpha value is -3.31. The SMILES string of the molecule is O=c1cc(-c2ccccc2)c2ccc3c(c2o1)C[NH+](Cc1ccco1)CO3. The summed E-state index contributed by atoms with van der Waals surface area (Å²) in [5, 5.41) is 0.919. The van der Waals surface area contributed by atoms with Crippen molar-refractivity contribution in [1.82, 2.24) is 0 Å². The van der Waals surface area contributed by atoms with Gasteiger partial charge in [0.15, 0.2) is 11.3 Å². The Morgan fingerprint density at radius 3 is 2.70 bits per heavy atom. The van der Waals surface area contributed by atoms with E-state index < -0.39 is 0 Å². The van der Waals surface area contributed by atoms with Crippen LogP contribution in [0.2, 0.25) is 0 Å². The summed E-state index contributed by atoms with van der Waals surface area (Å²) in [7, 11) is 0. The third-order valence-electron chi connectivity index (χ3n) is 4.92. The molecule has 1 N–H and O–H groups in total. The maximum absolute atomic E-state index is 12.3. The van der Waals surface area contributed by atoms with Crippen molar-refractivity contribution in [2.24, 2.45) is 0 Å². The molecule has 0 bridgehead atoms. The van der Waals surface area contributed by atoms with Gasteiger partial charge in [0.05, 0.1) is 11.8 Å². The molecular weight excluding hydrogens is 342 g/mol. The first-order valence-electron chi connectivity index (χ1n) is 8.92. The van der Waals surface area contributed by atoms with Crippen molar-refractivity contribution in [2.75, 3.05) is 6.73 Å². The summed E-state index contributed by atoms with van der Waals surface area (Å²) in [4.78, 5) is 13.5. The van der Waals surface area contributed by atoms with Crippen LogP contribution in [0.15, 0.2) is 80.6 Å². The van der Waals surface area contributed by atoms with Crippen LogP contribution in [0.25, 0.3) is 22.1 Å². The predicted octanol–water partition coefficient (Wildman–Crippen LogP) is 2.99. The second-order valence-electron chi connectivity index (χ2n) is 6.74. The van der Waals surface area contributed by atoms with E-state index in [1.807, 2.05) is 54.6 Å². The van der Waals surface area contributed by atoms with Crippen LogP contribution in [0.1, 0.15) is 11.3 Å². The minimum Gasteiger partial charge on any atom is -0.463 e. The van der Waals surface area contributed by atoms with Crippen molar-refractivity contribution in [3.8, 4) is 16.9 Å². The predicted molar refractivity (Wildman–Crippen MR) is 100 cm³/mol. The van der Waals surface area contributed by atoms with Crippen molar-refractivity contribution in [1.29, 1.82) is 0 Å². The molecule has 0 spiro atoms. The maximum atomic E-state index is 12.3. The van der Waals surface area contributed by atoms with Crippen LogP contribution in [0.3, 0.4) is 0 Å². The lowest BCUT2D eigenvalue weighted by atomic mass is 9.99. The van der Waals surface area contributed by atoms with E-state index in [9.17, 15) is 4.79 Å². The molecule has 0 saturated carbocycles. The van der Waals surface area contributed by atoms with Gasteiger partial charge in [0.1, 0.15) is 18.8 Å². The number of hydrogen-bond donors (Lipinski definition) is 1. The molecule has 1 aliphatic rings. The molecule has 3 heterocycles. The highest BCUT2D eigenvalue weighted by atomic mass is 16.5. The standard InChI is InChI=1S/C22H17NO4/c24-21-11-18(15-5-2-1-3-6-15)17-8-9-20-19(22(17)27-21)13-23(14-26-20)12-16-7-4-10-25-16/h1-11H,12-14H2/p+1. The average molecular weight is 360 g/mol. The molecule has 5 nitrogen and oxygen atoms in total. The summed E-state index contributed by atoms with van der Waals surface area (Å²) in [6.07, 6.45) is 1.67. The normalized spacial score (nSPS) is 16.1. The molecule has 0 amide bonds. The summed E-state index contributed by atoms with van der Waals surface area (Å²) < 4.78 is 17.0. The molecule has 2 aromatic carbocycles. The highest BCUT2D eigenvalue weighted by molar-refractivity contribution is 5.95. The van der Waals surface area contributed by atoms with E-state index in [0.717, 1.165) is 33.6 Å². The number of rotatable bonds is 3. The van der Waals surface area contributed by atoms with Crippen LogP contribution >= 0.6 is 0 Å². The molecule has 4 aromatic rings. The van der Waals surface area contributed by atoms with Gasteiger partial charge in [-0.15, -0.1) is 0 Å². The first-order chi connectivity index (χ1) is 13.3. The third-order valence-corrected chi connectivity index (χ3v) is 4.92. The van der Waals surface area contributed by atoms with Crippen molar-refractivity contribution < 1.29 is 18.5 Å². The van der Waals surface area contributed by atoms with E-state index in [-0.39, 0.29) is 5.63 Å². The van der Waals surface area contributed by atoms with Crippen LogP contribution < -0.4 is 15.3 Å². The van der Waals surface area contributed by atoms with Gasteiger partial charge in [-0.1, -0.05) is 30.3 Å². The van der Waals surface area contributed by atoms with Gasteiger partial charge in [-0.3, -0.25) is 4.90 Å². The minimum absolute atomic E-state index is 0.354. The number of ether oxygens (including phenoxy) is 1. The van der Waals surface area contributed by atoms with Crippen LogP contribution in [-0.4, -0.2) is 6.73 Å². The molecule has 0 radical (unpaired) electrons. The number of benzene rings is 2. The lowest BCUT2D eigenvalue weighted by molar-refractivity contribution is -0.946. The summed E-state index contributed by atoms with van der Waals surface area (Å²) >= 11 is 0. The first kappa shape index (κ1) is 15.9. The molecule has 0 fully saturated rings. The zero-order valence-electron chi connectivity index (χ0n) is 14.6. The molecule has 1 unspecified atom stereocenters. The van der Waals surface area contributed by atoms with E-state index in [4.69, 9.17) is 13.6 Å². The van der Waals surface area contributed by atoms with Gasteiger partial charge in [-0.2, -0.15) is 0 Å². The topological polar surface area (TPSA) is 57.0 Å². The fourth-order valence-corrected chi connectivity index (χ4v) is 3.68. The van der Waals surface area contributed by atoms with Gasteiger partial charge in [0, 0.05) is 11.5 Å². The second-order valence-corrected chi connectivity index (χ2v) is 6.74. The van der Waals surface area contributed by atoms with Crippen molar-refractivity contribution in [3.05, 3.63) is 88.7 Å². The fraction of sp³-hybridized carbons (Fsp3) is 0.136. The summed E-state index contributed by atoms with van der Waals surface area (Å²) in [6.45, 7) is 1.96. The molecule has 0 aliphatic carbocycles. The van der Waals surface area contributed by atoms with Gasteiger partial charge in [-0.25, -0.2) is 4.79 Å². The molecule has 27 heavy (non-hydrogen) atoms. The molecule has 5 rings (SSSR count). The van der Waals surface area contributed by atoms with Crippen LogP contribution in [0.5, 0.6) is 5.75 Å². The van der Waals surface area contributed by atoms with Crippen LogP contribution in [0, 0.1) is 0 Å². The number of hydrogen-bond acceptors (Lipinski definition) is 4. The fourth-order valence-electron chi connectivity index (χ4n) is 3.68. The lowest BCUT2D eigenvalue weighted by Gasteiger charge is -2.26. The highest BCUT2D eigenvalue weighted by Crippen LogP contribution is 2.33. The maximum Gasteiger partial charge on any atom is 0.336 e. The van der Waals surface area contributed by atoms with E-state index in [1.165, 1.54) is 4.90 Å². The Labute approximate surface area is 155 Å². The van der Waals surface area contributed by atoms with Crippen molar-refractivity contribution in [3.63, 3.8) is 0 Å². The second kappa shape index (κ2) is 6.45. The minimum atomic E-state index is -0.354. The van der Waals surface area contributed by atoms with E-state index in [2.05, 4.69) is 0 Å². The van der Waals surface area contributed by atoms with E-state index in [0.29, 0.717) is 25.4 Å². The summed E-state index contributed by atoms with van der Waals surface area (Å²) in [5.74, 6) is 1.68. The Bertz CT molecular complexity index is 1150. The van der Waals surface area contributed by atoms with Crippen molar-refractivity contribution >= 4 is 11.0 Å². The first-order valence-corrected chi connectivity index (χ1v) is 8.92. The van der Waals surface area contributed by atoms with Crippen LogP contribution in [-0.2, 0) is 13.1 Å². The quantitative estimate of drug-likeness (QED) is 0.571. The molecular formula is C22H18NO4+. The largest absolute Gasteiger partial charge is 0.463 e. The molecule has 2 aromatic heterocycles. The Morgan fingerprint density at radius 1 is 1.00 bits per heavy atom. The Balaban J connectivity index is 1.62. The Kier molecular flexibility index (Phi) is 3.80. The molecule has 1 aliphatic heterocycles. The van der Waals surface area contributed by atoms with Gasteiger partial charge in [-0.05, 0) is 35.4 Å². The number of quaternary nitrogens is 1. The number of nitrogens with one attached hydrogen (secondary N) is 1. The van der Waals surface area contributed by atoms with Crippen LogP contribution in [0.4, 0.5) is 0 Å². The van der Waals surface area contributed by atoms with E-state index in [1.54, 1.807) is 12.3 Å². The zero-order valence-corrected chi connectivity index (χ0v) is 14.6. The lowest BCUT2D eigenvalue weighted by Crippen LogP contribution is -3.10. The van der Waals surface area contributed by atoms with Gasteiger partial charge in [0.25, 0.3) is 0 Å². The molecule has 0 saturated heterocycles. The average Bonchev–Trinajstić information content (AvgIpc) is 3.21. The highest BCUT2D eigenvalue weighted by Gasteiger charge is 2.26. The monoisotopic (exact) mass is 360 g/mol. The Morgan fingerprint density at radius 2 is 1.89 bits per heavy atom. The van der Waals surface area contributed by atoms with Gasteiger partial charge >= 0.3 is 5.63 Å². The van der Waals surface area contributed by atoms with E-state index >= 15 is 0 Å². The summed E-state index contributed by atoms with van der Waals surface area (Å²) in [6, 6.07) is 19.2. The molecule has 134 valence electrons. The number of furan rings is 1. The molecule has 5 heteroatoms. The zero-order chi connectivity index (χ0) is 18.2. The summed E-state index contributed by atoms with van der Waals surface area (Å²) in [5.41, 5.74) is 3.05. The molecule has 1 atom stereocenters. The third kappa shape index (κ3) is 2.92. The smallest absolute Gasteiger partial charge is 0.336 e. The number of fused-ring (bicyclic) bond motifs is 3. The van der Waals surface area contributed by atoms with Crippen molar-refractivity contribution in [2.45, 2.75) is 13.1 Å². The van der Waals surface area contributed by atoms with Gasteiger partial charge < -0.3 is 13.6 Å².